The highest BCUT2D eigenvalue weighted by molar-refractivity contribution is 5.82. The Kier molecular flexibility index (Phi) is 11.1. The topological polar surface area (TPSA) is 140 Å². The Labute approximate surface area is 219 Å². The number of benzene rings is 1. The summed E-state index contributed by atoms with van der Waals surface area (Å²) in [6.45, 7) is 14.0. The van der Waals surface area contributed by atoms with E-state index in [-0.39, 0.29) is 43.5 Å². The van der Waals surface area contributed by atoms with Gasteiger partial charge >= 0.3 is 24.1 Å². The van der Waals surface area contributed by atoms with Gasteiger partial charge in [-0.25, -0.2) is 4.79 Å². The van der Waals surface area contributed by atoms with Crippen molar-refractivity contribution in [2.24, 2.45) is 22.5 Å². The zero-order chi connectivity index (χ0) is 28.6. The van der Waals surface area contributed by atoms with Gasteiger partial charge in [-0.3, -0.25) is 14.4 Å². The molecule has 2 N–H and O–H groups in total. The van der Waals surface area contributed by atoms with Gasteiger partial charge in [-0.1, -0.05) is 19.9 Å². The van der Waals surface area contributed by atoms with Gasteiger partial charge in [0.1, 0.15) is 5.54 Å². The maximum absolute atomic E-state index is 12.6. The van der Waals surface area contributed by atoms with E-state index in [1.165, 1.54) is 19.2 Å². The van der Waals surface area contributed by atoms with Gasteiger partial charge in [0.25, 0.3) is 0 Å². The first-order chi connectivity index (χ1) is 16.9. The van der Waals surface area contributed by atoms with Crippen LogP contribution in [0.2, 0.25) is 0 Å². The van der Waals surface area contributed by atoms with Crippen LogP contribution in [0.1, 0.15) is 67.4 Å². The lowest BCUT2D eigenvalue weighted by Gasteiger charge is -2.27. The van der Waals surface area contributed by atoms with Crippen LogP contribution in [0, 0.1) is 16.7 Å². The minimum Gasteiger partial charge on any atom is -0.468 e. The van der Waals surface area contributed by atoms with E-state index in [0.29, 0.717) is 5.56 Å². The first-order valence-corrected chi connectivity index (χ1v) is 12.1. The Morgan fingerprint density at radius 3 is 1.86 bits per heavy atom. The summed E-state index contributed by atoms with van der Waals surface area (Å²) in [5.74, 6) is -1.57. The average Bonchev–Trinajstić information content (AvgIpc) is 2.77. The number of rotatable bonds is 10. The second-order valence-electron chi connectivity index (χ2n) is 11.4. The maximum Gasteiger partial charge on any atom is 0.508 e. The Morgan fingerprint density at radius 2 is 1.38 bits per heavy atom. The number of ether oxygens (including phenoxy) is 5. The van der Waals surface area contributed by atoms with E-state index in [1.54, 1.807) is 47.6 Å². The van der Waals surface area contributed by atoms with Gasteiger partial charge < -0.3 is 29.4 Å². The molecule has 0 aliphatic rings. The van der Waals surface area contributed by atoms with Gasteiger partial charge in [0.2, 0.25) is 0 Å². The van der Waals surface area contributed by atoms with Crippen molar-refractivity contribution in [1.82, 2.24) is 0 Å². The number of carbonyl (C=O) groups is 4. The van der Waals surface area contributed by atoms with Crippen LogP contribution in [0.15, 0.2) is 18.2 Å². The molecule has 37 heavy (non-hydrogen) atoms. The Morgan fingerprint density at radius 1 is 0.838 bits per heavy atom. The van der Waals surface area contributed by atoms with Crippen molar-refractivity contribution in [3.05, 3.63) is 23.8 Å². The molecule has 1 aromatic rings. The molecule has 0 unspecified atom stereocenters. The predicted molar refractivity (Wildman–Crippen MR) is 136 cm³/mol. The molecule has 0 spiro atoms. The fourth-order valence-electron chi connectivity index (χ4n) is 2.76. The van der Waals surface area contributed by atoms with Crippen LogP contribution in [0.25, 0.3) is 0 Å². The van der Waals surface area contributed by atoms with E-state index >= 15 is 0 Å². The molecule has 10 nitrogen and oxygen atoms in total. The summed E-state index contributed by atoms with van der Waals surface area (Å²) in [4.78, 5) is 49.4. The van der Waals surface area contributed by atoms with E-state index in [9.17, 15) is 19.2 Å². The third kappa shape index (κ3) is 10.4. The number of hydrogen-bond acceptors (Lipinski definition) is 10. The third-order valence-electron chi connectivity index (χ3n) is 5.05. The van der Waals surface area contributed by atoms with Gasteiger partial charge in [0.15, 0.2) is 11.5 Å². The second kappa shape index (κ2) is 12.9. The minimum absolute atomic E-state index is 0.00996. The summed E-state index contributed by atoms with van der Waals surface area (Å²) in [6, 6.07) is 4.56. The quantitative estimate of drug-likeness (QED) is 0.350. The summed E-state index contributed by atoms with van der Waals surface area (Å²) in [7, 11) is 1.20. The summed E-state index contributed by atoms with van der Waals surface area (Å²) in [6.07, 6.45) is -0.964. The highest BCUT2D eigenvalue weighted by atomic mass is 16.7. The van der Waals surface area contributed by atoms with Crippen molar-refractivity contribution in [3.63, 3.8) is 0 Å². The van der Waals surface area contributed by atoms with Gasteiger partial charge in [0, 0.05) is 12.8 Å². The highest BCUT2D eigenvalue weighted by Crippen LogP contribution is 2.33. The zero-order valence-electron chi connectivity index (χ0n) is 23.4. The number of esters is 3. The lowest BCUT2D eigenvalue weighted by Crippen LogP contribution is -2.51. The molecule has 0 heterocycles. The molecule has 1 aromatic carbocycles. The third-order valence-corrected chi connectivity index (χ3v) is 5.05. The molecule has 0 bridgehead atoms. The molecule has 0 saturated heterocycles. The molecule has 0 amide bonds. The summed E-state index contributed by atoms with van der Waals surface area (Å²) < 4.78 is 26.0. The molecule has 0 radical (unpaired) electrons. The maximum atomic E-state index is 12.6. The standard InChI is InChI=1S/C27H41NO9/c1-17(2)16-35-24(32)34-13-12-27(28,23(31)33-9)15-18-10-11-19(36-21(29)25(3,4)5)20(14-18)37-22(30)26(6,7)8/h10-11,14,17H,12-13,15-16,28H2,1-9H3/t27-/m1/s1. The molecule has 0 aromatic heterocycles. The second-order valence-corrected chi connectivity index (χ2v) is 11.4. The van der Waals surface area contributed by atoms with E-state index < -0.39 is 40.4 Å². The van der Waals surface area contributed by atoms with Crippen LogP contribution in [0.3, 0.4) is 0 Å². The van der Waals surface area contributed by atoms with Crippen molar-refractivity contribution in [2.45, 2.75) is 73.8 Å². The zero-order valence-corrected chi connectivity index (χ0v) is 23.4. The van der Waals surface area contributed by atoms with Crippen LogP contribution in [0.4, 0.5) is 4.79 Å². The number of methoxy groups -OCH3 is 1. The first-order valence-electron chi connectivity index (χ1n) is 12.1. The smallest absolute Gasteiger partial charge is 0.468 e. The van der Waals surface area contributed by atoms with E-state index in [4.69, 9.17) is 29.4 Å². The van der Waals surface area contributed by atoms with Crippen molar-refractivity contribution >= 4 is 24.1 Å². The van der Waals surface area contributed by atoms with Gasteiger partial charge in [-0.05, 0) is 65.2 Å². The fourth-order valence-corrected chi connectivity index (χ4v) is 2.76. The summed E-state index contributed by atoms with van der Waals surface area (Å²) in [5, 5.41) is 0. The molecule has 10 heteroatoms. The van der Waals surface area contributed by atoms with Gasteiger partial charge in [-0.15, -0.1) is 0 Å². The van der Waals surface area contributed by atoms with E-state index in [1.807, 2.05) is 13.8 Å². The predicted octanol–water partition coefficient (Wildman–Crippen LogP) is 4.20. The number of hydrogen-bond donors (Lipinski definition) is 1. The van der Waals surface area contributed by atoms with Crippen LogP contribution in [-0.4, -0.2) is 49.9 Å². The number of carbonyl (C=O) groups excluding carboxylic acids is 4. The molecule has 208 valence electrons. The Hall–Kier alpha value is -3.14. The molecule has 0 saturated carbocycles. The lowest BCUT2D eigenvalue weighted by molar-refractivity contribution is -0.148. The average molecular weight is 524 g/mol. The normalized spacial score (nSPS) is 13.4. The van der Waals surface area contributed by atoms with Gasteiger partial charge in [0.05, 0.1) is 31.2 Å². The Bertz CT molecular complexity index is 973. The monoisotopic (exact) mass is 523 g/mol. The van der Waals surface area contributed by atoms with Crippen molar-refractivity contribution in [2.75, 3.05) is 20.3 Å². The van der Waals surface area contributed by atoms with Crippen LogP contribution in [0.5, 0.6) is 11.5 Å². The highest BCUT2D eigenvalue weighted by Gasteiger charge is 2.36. The van der Waals surface area contributed by atoms with Gasteiger partial charge in [-0.2, -0.15) is 0 Å². The lowest BCUT2D eigenvalue weighted by atomic mass is 9.88. The molecule has 1 atom stereocenters. The summed E-state index contributed by atoms with van der Waals surface area (Å²) >= 11 is 0. The molecule has 0 aliphatic carbocycles. The number of nitrogens with two attached hydrogens (primary N) is 1. The van der Waals surface area contributed by atoms with Crippen LogP contribution >= 0.6 is 0 Å². The largest absolute Gasteiger partial charge is 0.508 e. The molecular weight excluding hydrogens is 482 g/mol. The van der Waals surface area contributed by atoms with Crippen LogP contribution < -0.4 is 15.2 Å². The minimum atomic E-state index is -1.57. The van der Waals surface area contributed by atoms with Crippen molar-refractivity contribution in [1.29, 1.82) is 0 Å². The fraction of sp³-hybridized carbons (Fsp3) is 0.630. The molecule has 0 aliphatic heterocycles. The summed E-state index contributed by atoms with van der Waals surface area (Å²) in [5.41, 5.74) is 3.70. The van der Waals surface area contributed by atoms with Crippen molar-refractivity contribution < 1.29 is 42.9 Å². The van der Waals surface area contributed by atoms with E-state index in [0.717, 1.165) is 0 Å². The van der Waals surface area contributed by atoms with Crippen molar-refractivity contribution in [3.8, 4) is 11.5 Å². The SMILES string of the molecule is COC(=O)[C@@](N)(CCOC(=O)OCC(C)C)Cc1ccc(OC(=O)C(C)(C)C)c(OC(=O)C(C)(C)C)c1. The first kappa shape index (κ1) is 31.9. The molecule has 0 fully saturated rings. The van der Waals surface area contributed by atoms with Crippen LogP contribution in [-0.2, 0) is 35.0 Å². The molecule has 1 rings (SSSR count). The van der Waals surface area contributed by atoms with E-state index in [2.05, 4.69) is 0 Å². The Balaban J connectivity index is 3.20. The molecular formula is C27H41NO9.